The number of aromatic nitrogens is 2. The first kappa shape index (κ1) is 20.2. The standard InChI is InChI=1S/C24H22N4O3/c1-24(2,3)16-7-5-14(6-8-16)22-27-18-11-17(9-10-19(18)31-22)28-13-15(12-25)20(26)21(28)23(29)30-4/h5-11,13H,26H2,1-4H3. The maximum Gasteiger partial charge on any atom is 0.357 e. The molecule has 0 saturated heterocycles. The van der Waals surface area contributed by atoms with E-state index in [9.17, 15) is 10.1 Å². The number of nitrogens with two attached hydrogens (primary N) is 1. The summed E-state index contributed by atoms with van der Waals surface area (Å²) in [5.74, 6) is -0.121. The molecule has 7 nitrogen and oxygen atoms in total. The van der Waals surface area contributed by atoms with Crippen LogP contribution in [0.3, 0.4) is 0 Å². The van der Waals surface area contributed by atoms with Gasteiger partial charge in [0.05, 0.1) is 18.4 Å². The van der Waals surface area contributed by atoms with Gasteiger partial charge in [0.1, 0.15) is 11.6 Å². The van der Waals surface area contributed by atoms with Gasteiger partial charge < -0.3 is 19.5 Å². The number of ether oxygens (including phenoxy) is 1. The van der Waals surface area contributed by atoms with Crippen LogP contribution < -0.4 is 5.73 Å². The average molecular weight is 414 g/mol. The van der Waals surface area contributed by atoms with Gasteiger partial charge in [-0.15, -0.1) is 0 Å². The summed E-state index contributed by atoms with van der Waals surface area (Å²) < 4.78 is 12.3. The average Bonchev–Trinajstić information content (AvgIpc) is 3.33. The number of methoxy groups -OCH3 is 1. The molecule has 2 N–H and O–H groups in total. The number of carbonyl (C=O) groups excluding carboxylic acids is 1. The van der Waals surface area contributed by atoms with Crippen LogP contribution in [0.4, 0.5) is 5.69 Å². The lowest BCUT2D eigenvalue weighted by Crippen LogP contribution is -2.11. The number of fused-ring (bicyclic) bond motifs is 1. The van der Waals surface area contributed by atoms with Gasteiger partial charge in [0, 0.05) is 17.4 Å². The molecule has 0 bridgehead atoms. The molecule has 2 aromatic heterocycles. The third kappa shape index (κ3) is 3.53. The van der Waals surface area contributed by atoms with Crippen molar-refractivity contribution in [1.82, 2.24) is 9.55 Å². The molecule has 0 aliphatic rings. The van der Waals surface area contributed by atoms with Crippen molar-refractivity contribution in [2.45, 2.75) is 26.2 Å². The van der Waals surface area contributed by atoms with Gasteiger partial charge >= 0.3 is 5.97 Å². The molecule has 4 aromatic rings. The zero-order chi connectivity index (χ0) is 22.3. The Balaban J connectivity index is 1.77. The normalized spacial score (nSPS) is 11.5. The first-order chi connectivity index (χ1) is 14.7. The van der Waals surface area contributed by atoms with Crippen molar-refractivity contribution < 1.29 is 13.9 Å². The van der Waals surface area contributed by atoms with Gasteiger partial charge in [-0.05, 0) is 41.3 Å². The molecular formula is C24H22N4O3. The van der Waals surface area contributed by atoms with E-state index in [0.29, 0.717) is 22.7 Å². The Bertz CT molecular complexity index is 1330. The third-order valence-corrected chi connectivity index (χ3v) is 5.19. The molecule has 0 unspecified atom stereocenters. The van der Waals surface area contributed by atoms with E-state index in [0.717, 1.165) is 5.56 Å². The number of carbonyl (C=O) groups is 1. The Morgan fingerprint density at radius 2 is 1.90 bits per heavy atom. The lowest BCUT2D eigenvalue weighted by Gasteiger charge is -2.18. The van der Waals surface area contributed by atoms with Gasteiger partial charge in [0.2, 0.25) is 5.89 Å². The Kier molecular flexibility index (Phi) is 4.78. The topological polar surface area (TPSA) is 107 Å². The summed E-state index contributed by atoms with van der Waals surface area (Å²) >= 11 is 0. The molecule has 0 saturated carbocycles. The van der Waals surface area contributed by atoms with Crippen LogP contribution in [0.2, 0.25) is 0 Å². The maximum absolute atomic E-state index is 12.2. The van der Waals surface area contributed by atoms with Crippen LogP contribution in [-0.4, -0.2) is 22.6 Å². The summed E-state index contributed by atoms with van der Waals surface area (Å²) in [6.07, 6.45) is 1.51. The summed E-state index contributed by atoms with van der Waals surface area (Å²) in [6, 6.07) is 15.4. The van der Waals surface area contributed by atoms with E-state index < -0.39 is 5.97 Å². The second-order valence-corrected chi connectivity index (χ2v) is 8.28. The molecule has 31 heavy (non-hydrogen) atoms. The largest absolute Gasteiger partial charge is 0.464 e. The molecular weight excluding hydrogens is 392 g/mol. The molecule has 156 valence electrons. The zero-order valence-electron chi connectivity index (χ0n) is 17.8. The zero-order valence-corrected chi connectivity index (χ0v) is 17.8. The second kappa shape index (κ2) is 7.33. The summed E-state index contributed by atoms with van der Waals surface area (Å²) in [6.45, 7) is 6.49. The summed E-state index contributed by atoms with van der Waals surface area (Å²) in [7, 11) is 1.27. The number of nitrogens with zero attached hydrogens (tertiary/aromatic N) is 3. The number of anilines is 1. The van der Waals surface area contributed by atoms with Gasteiger partial charge in [0.15, 0.2) is 11.3 Å². The Morgan fingerprint density at radius 1 is 1.19 bits per heavy atom. The minimum Gasteiger partial charge on any atom is -0.464 e. The minimum atomic E-state index is -0.626. The van der Waals surface area contributed by atoms with Crippen molar-refractivity contribution in [2.24, 2.45) is 0 Å². The Morgan fingerprint density at radius 3 is 2.52 bits per heavy atom. The summed E-state index contributed by atoms with van der Waals surface area (Å²) in [4.78, 5) is 16.9. The van der Waals surface area contributed by atoms with E-state index in [-0.39, 0.29) is 22.4 Å². The van der Waals surface area contributed by atoms with Crippen molar-refractivity contribution >= 4 is 22.8 Å². The number of hydrogen-bond acceptors (Lipinski definition) is 6. The monoisotopic (exact) mass is 414 g/mol. The SMILES string of the molecule is COC(=O)c1c(N)c(C#N)cn1-c1ccc2oc(-c3ccc(C(C)(C)C)cc3)nc2c1. The molecule has 0 atom stereocenters. The number of oxazole rings is 1. The molecule has 0 aliphatic carbocycles. The predicted molar refractivity (Wildman–Crippen MR) is 118 cm³/mol. The fraction of sp³-hybridized carbons (Fsp3) is 0.208. The molecule has 7 heteroatoms. The molecule has 0 amide bonds. The number of rotatable bonds is 3. The van der Waals surface area contributed by atoms with Crippen LogP contribution in [0.15, 0.2) is 53.1 Å². The van der Waals surface area contributed by atoms with Gasteiger partial charge in [0.25, 0.3) is 0 Å². The first-order valence-corrected chi connectivity index (χ1v) is 9.74. The quantitative estimate of drug-likeness (QED) is 0.482. The van der Waals surface area contributed by atoms with Gasteiger partial charge in [-0.3, -0.25) is 0 Å². The van der Waals surface area contributed by atoms with Gasteiger partial charge in [-0.25, -0.2) is 9.78 Å². The highest BCUT2D eigenvalue weighted by Gasteiger charge is 2.22. The van der Waals surface area contributed by atoms with Crippen molar-refractivity contribution in [3.8, 4) is 23.2 Å². The fourth-order valence-corrected chi connectivity index (χ4v) is 3.42. The Labute approximate surface area is 179 Å². The van der Waals surface area contributed by atoms with Gasteiger partial charge in [-0.1, -0.05) is 32.9 Å². The molecule has 0 aliphatic heterocycles. The van der Waals surface area contributed by atoms with Crippen LogP contribution in [-0.2, 0) is 10.2 Å². The van der Waals surface area contributed by atoms with E-state index in [1.165, 1.54) is 23.4 Å². The predicted octanol–water partition coefficient (Wildman–Crippen LogP) is 4.82. The van der Waals surface area contributed by atoms with Crippen molar-refractivity contribution in [2.75, 3.05) is 12.8 Å². The maximum atomic E-state index is 12.2. The second-order valence-electron chi connectivity index (χ2n) is 8.28. The van der Waals surface area contributed by atoms with E-state index >= 15 is 0 Å². The lowest BCUT2D eigenvalue weighted by molar-refractivity contribution is 0.0593. The van der Waals surface area contributed by atoms with Crippen LogP contribution in [0.1, 0.15) is 42.4 Å². The number of esters is 1. The molecule has 2 aromatic carbocycles. The van der Waals surface area contributed by atoms with E-state index in [4.69, 9.17) is 14.9 Å². The molecule has 4 rings (SSSR count). The van der Waals surface area contributed by atoms with Crippen LogP contribution in [0.5, 0.6) is 0 Å². The van der Waals surface area contributed by atoms with Gasteiger partial charge in [-0.2, -0.15) is 5.26 Å². The molecule has 0 spiro atoms. The number of hydrogen-bond donors (Lipinski definition) is 1. The highest BCUT2D eigenvalue weighted by molar-refractivity contribution is 5.96. The van der Waals surface area contributed by atoms with Crippen LogP contribution >= 0.6 is 0 Å². The van der Waals surface area contributed by atoms with E-state index in [1.807, 2.05) is 18.2 Å². The van der Waals surface area contributed by atoms with Crippen molar-refractivity contribution in [3.63, 3.8) is 0 Å². The van der Waals surface area contributed by atoms with Crippen molar-refractivity contribution in [1.29, 1.82) is 5.26 Å². The molecule has 2 heterocycles. The summed E-state index contributed by atoms with van der Waals surface area (Å²) in [5.41, 5.74) is 10.4. The van der Waals surface area contributed by atoms with E-state index in [1.54, 1.807) is 18.2 Å². The highest BCUT2D eigenvalue weighted by Crippen LogP contribution is 2.30. The minimum absolute atomic E-state index is 0.0625. The lowest BCUT2D eigenvalue weighted by atomic mass is 9.87. The van der Waals surface area contributed by atoms with Crippen molar-refractivity contribution in [3.05, 3.63) is 65.5 Å². The fourth-order valence-electron chi connectivity index (χ4n) is 3.42. The highest BCUT2D eigenvalue weighted by atomic mass is 16.5. The smallest absolute Gasteiger partial charge is 0.357 e. The van der Waals surface area contributed by atoms with Crippen LogP contribution in [0.25, 0.3) is 28.2 Å². The molecule has 0 fully saturated rings. The third-order valence-electron chi connectivity index (χ3n) is 5.19. The number of nitrogen functional groups attached to an aromatic ring is 1. The van der Waals surface area contributed by atoms with E-state index in [2.05, 4.69) is 37.9 Å². The Hall–Kier alpha value is -4.05. The summed E-state index contributed by atoms with van der Waals surface area (Å²) in [5, 5.41) is 9.31. The van der Waals surface area contributed by atoms with Crippen LogP contribution in [0, 0.1) is 11.3 Å². The number of nitriles is 1. The molecule has 0 radical (unpaired) electrons. The number of benzene rings is 2. The first-order valence-electron chi connectivity index (χ1n) is 9.74.